The summed E-state index contributed by atoms with van der Waals surface area (Å²) >= 11 is 0. The average molecular weight is 230 g/mol. The molecule has 0 bridgehead atoms. The highest BCUT2D eigenvalue weighted by Gasteiger charge is 1.96. The Bertz CT molecular complexity index is 412. The van der Waals surface area contributed by atoms with Crippen LogP contribution in [0.5, 0.6) is 0 Å². The van der Waals surface area contributed by atoms with Gasteiger partial charge in [-0.15, -0.1) is 0 Å². The van der Waals surface area contributed by atoms with Crippen molar-refractivity contribution in [3.8, 4) is 6.07 Å². The average Bonchev–Trinajstić information content (AvgIpc) is 2.34. The highest BCUT2D eigenvalue weighted by atomic mass is 15.1. The predicted molar refractivity (Wildman–Crippen MR) is 69.3 cm³/mol. The topological polar surface area (TPSA) is 74.2 Å². The number of hydrogen-bond donors (Lipinski definition) is 2. The molecule has 0 heterocycles. The summed E-state index contributed by atoms with van der Waals surface area (Å²) in [4.78, 5) is 4.22. The van der Waals surface area contributed by atoms with Crippen molar-refractivity contribution in [3.63, 3.8) is 0 Å². The second-order valence-electron chi connectivity index (χ2n) is 4.28. The van der Waals surface area contributed by atoms with Gasteiger partial charge in [-0.3, -0.25) is 0 Å². The number of nitrogens with one attached hydrogen (secondary N) is 1. The number of nitrogens with zero attached hydrogens (tertiary/aromatic N) is 2. The molecule has 3 N–H and O–H groups in total. The van der Waals surface area contributed by atoms with E-state index in [1.807, 2.05) is 12.1 Å². The molecular formula is C13H18N4. The van der Waals surface area contributed by atoms with E-state index in [1.165, 1.54) is 0 Å². The zero-order valence-electron chi connectivity index (χ0n) is 10.3. The first-order chi connectivity index (χ1) is 8.11. The van der Waals surface area contributed by atoms with Crippen molar-refractivity contribution in [1.29, 1.82) is 5.26 Å². The highest BCUT2D eigenvalue weighted by Crippen LogP contribution is 2.04. The molecule has 4 nitrogen and oxygen atoms in total. The van der Waals surface area contributed by atoms with Crippen LogP contribution in [0.1, 0.15) is 25.0 Å². The summed E-state index contributed by atoms with van der Waals surface area (Å²) in [5.41, 5.74) is 7.41. The molecule has 4 heteroatoms. The van der Waals surface area contributed by atoms with Crippen LogP contribution in [0.25, 0.3) is 0 Å². The molecule has 0 saturated heterocycles. The summed E-state index contributed by atoms with van der Waals surface area (Å²) in [6.45, 7) is 5.58. The molecule has 0 aromatic heterocycles. The second kappa shape index (κ2) is 6.54. The summed E-state index contributed by atoms with van der Waals surface area (Å²) in [7, 11) is 0. The van der Waals surface area contributed by atoms with Crippen LogP contribution >= 0.6 is 0 Å². The number of guanidine groups is 1. The smallest absolute Gasteiger partial charge is 0.188 e. The minimum atomic E-state index is 0.461. The SMILES string of the molecule is CC(C)CNC(N)=NCc1ccc(C#N)cc1. The van der Waals surface area contributed by atoms with E-state index in [4.69, 9.17) is 11.0 Å². The van der Waals surface area contributed by atoms with E-state index in [1.54, 1.807) is 12.1 Å². The maximum absolute atomic E-state index is 8.66. The number of benzene rings is 1. The Morgan fingerprint density at radius 2 is 2.06 bits per heavy atom. The summed E-state index contributed by atoms with van der Waals surface area (Å²) in [5.74, 6) is 1.00. The first-order valence-electron chi connectivity index (χ1n) is 5.64. The zero-order valence-corrected chi connectivity index (χ0v) is 10.3. The maximum atomic E-state index is 8.66. The molecule has 1 aromatic rings. The number of hydrogen-bond acceptors (Lipinski definition) is 2. The molecule has 0 aliphatic carbocycles. The van der Waals surface area contributed by atoms with Crippen molar-refractivity contribution in [2.24, 2.45) is 16.6 Å². The van der Waals surface area contributed by atoms with Crippen LogP contribution in [0.15, 0.2) is 29.3 Å². The van der Waals surface area contributed by atoms with Crippen molar-refractivity contribution in [2.45, 2.75) is 20.4 Å². The molecule has 0 atom stereocenters. The third-order valence-electron chi connectivity index (χ3n) is 2.21. The van der Waals surface area contributed by atoms with Crippen molar-refractivity contribution < 1.29 is 0 Å². The van der Waals surface area contributed by atoms with Crippen molar-refractivity contribution >= 4 is 5.96 Å². The van der Waals surface area contributed by atoms with Gasteiger partial charge in [0.2, 0.25) is 0 Å². The van der Waals surface area contributed by atoms with Gasteiger partial charge < -0.3 is 11.1 Å². The predicted octanol–water partition coefficient (Wildman–Crippen LogP) is 1.62. The van der Waals surface area contributed by atoms with Gasteiger partial charge in [0.25, 0.3) is 0 Å². The molecule has 0 radical (unpaired) electrons. The Morgan fingerprint density at radius 1 is 1.41 bits per heavy atom. The van der Waals surface area contributed by atoms with Gasteiger partial charge in [0.1, 0.15) is 0 Å². The highest BCUT2D eigenvalue weighted by molar-refractivity contribution is 5.77. The van der Waals surface area contributed by atoms with E-state index in [0.29, 0.717) is 24.0 Å². The molecule has 1 aromatic carbocycles. The standard InChI is InChI=1S/C13H18N4/c1-10(2)8-16-13(15)17-9-12-5-3-11(7-14)4-6-12/h3-6,10H,8-9H2,1-2H3,(H3,15,16,17). The van der Waals surface area contributed by atoms with Gasteiger partial charge in [-0.2, -0.15) is 5.26 Å². The molecule has 0 unspecified atom stereocenters. The summed E-state index contributed by atoms with van der Waals surface area (Å²) in [6.07, 6.45) is 0. The maximum Gasteiger partial charge on any atom is 0.188 e. The largest absolute Gasteiger partial charge is 0.370 e. The molecule has 0 fully saturated rings. The van der Waals surface area contributed by atoms with Crippen LogP contribution in [0.3, 0.4) is 0 Å². The summed E-state index contributed by atoms with van der Waals surface area (Å²) < 4.78 is 0. The molecule has 90 valence electrons. The van der Waals surface area contributed by atoms with Gasteiger partial charge in [0.15, 0.2) is 5.96 Å². The van der Waals surface area contributed by atoms with Crippen molar-refractivity contribution in [2.75, 3.05) is 6.54 Å². The molecule has 0 saturated carbocycles. The fraction of sp³-hybridized carbons (Fsp3) is 0.385. The van der Waals surface area contributed by atoms with E-state index < -0.39 is 0 Å². The van der Waals surface area contributed by atoms with Crippen molar-refractivity contribution in [1.82, 2.24) is 5.32 Å². The quantitative estimate of drug-likeness (QED) is 0.609. The Morgan fingerprint density at radius 3 is 2.59 bits per heavy atom. The normalized spacial score (nSPS) is 11.3. The minimum Gasteiger partial charge on any atom is -0.370 e. The van der Waals surface area contributed by atoms with E-state index >= 15 is 0 Å². The van der Waals surface area contributed by atoms with Crippen LogP contribution in [0, 0.1) is 17.2 Å². The van der Waals surface area contributed by atoms with Crippen molar-refractivity contribution in [3.05, 3.63) is 35.4 Å². The Balaban J connectivity index is 2.48. The van der Waals surface area contributed by atoms with Crippen LogP contribution in [-0.4, -0.2) is 12.5 Å². The van der Waals surface area contributed by atoms with Crippen LogP contribution in [0.4, 0.5) is 0 Å². The van der Waals surface area contributed by atoms with E-state index in [0.717, 1.165) is 12.1 Å². The first-order valence-corrected chi connectivity index (χ1v) is 5.64. The Labute approximate surface area is 102 Å². The lowest BCUT2D eigenvalue weighted by molar-refractivity contribution is 0.622. The fourth-order valence-electron chi connectivity index (χ4n) is 1.23. The molecule has 1 rings (SSSR count). The van der Waals surface area contributed by atoms with E-state index in [-0.39, 0.29) is 0 Å². The third kappa shape index (κ3) is 5.03. The Kier molecular flexibility index (Phi) is 5.02. The van der Waals surface area contributed by atoms with Crippen LogP contribution in [-0.2, 0) is 6.54 Å². The van der Waals surface area contributed by atoms with Gasteiger partial charge >= 0.3 is 0 Å². The molecule has 0 spiro atoms. The number of aliphatic imine (C=N–C) groups is 1. The van der Waals surface area contributed by atoms with Gasteiger partial charge in [0.05, 0.1) is 18.2 Å². The lowest BCUT2D eigenvalue weighted by Gasteiger charge is -2.07. The second-order valence-corrected chi connectivity index (χ2v) is 4.28. The van der Waals surface area contributed by atoms with Gasteiger partial charge in [-0.05, 0) is 23.6 Å². The van der Waals surface area contributed by atoms with Crippen LogP contribution in [0.2, 0.25) is 0 Å². The van der Waals surface area contributed by atoms with Gasteiger partial charge in [-0.25, -0.2) is 4.99 Å². The van der Waals surface area contributed by atoms with E-state index in [9.17, 15) is 0 Å². The lowest BCUT2D eigenvalue weighted by atomic mass is 10.1. The monoisotopic (exact) mass is 230 g/mol. The Hall–Kier alpha value is -2.02. The minimum absolute atomic E-state index is 0.461. The first kappa shape index (κ1) is 13.0. The fourth-order valence-corrected chi connectivity index (χ4v) is 1.23. The number of nitrogens with two attached hydrogens (primary N) is 1. The lowest BCUT2D eigenvalue weighted by Crippen LogP contribution is -2.34. The van der Waals surface area contributed by atoms with Crippen LogP contribution < -0.4 is 11.1 Å². The zero-order chi connectivity index (χ0) is 12.7. The number of nitriles is 1. The molecule has 0 aliphatic heterocycles. The van der Waals surface area contributed by atoms with Gasteiger partial charge in [0, 0.05) is 6.54 Å². The van der Waals surface area contributed by atoms with E-state index in [2.05, 4.69) is 30.2 Å². The van der Waals surface area contributed by atoms with Gasteiger partial charge in [-0.1, -0.05) is 26.0 Å². The molecular weight excluding hydrogens is 212 g/mol. The molecule has 0 aliphatic rings. The molecule has 0 amide bonds. The number of rotatable bonds is 4. The molecule has 17 heavy (non-hydrogen) atoms. The third-order valence-corrected chi connectivity index (χ3v) is 2.21. The summed E-state index contributed by atoms with van der Waals surface area (Å²) in [6, 6.07) is 9.41. The summed E-state index contributed by atoms with van der Waals surface area (Å²) in [5, 5.41) is 11.7.